The van der Waals surface area contributed by atoms with Crippen molar-refractivity contribution in [1.82, 2.24) is 0 Å². The van der Waals surface area contributed by atoms with Crippen molar-refractivity contribution >= 4 is 11.4 Å². The first-order chi connectivity index (χ1) is 9.31. The number of hydrogen-bond donors (Lipinski definition) is 2. The van der Waals surface area contributed by atoms with Gasteiger partial charge in [-0.25, -0.2) is 0 Å². The second-order valence-corrected chi connectivity index (χ2v) is 5.43. The lowest BCUT2D eigenvalue weighted by Gasteiger charge is -2.15. The predicted molar refractivity (Wildman–Crippen MR) is 81.7 cm³/mol. The maximum Gasteiger partial charge on any atom is 0.144 e. The third kappa shape index (κ3) is 4.05. The molecule has 0 bridgehead atoms. The molecule has 0 atom stereocenters. The summed E-state index contributed by atoms with van der Waals surface area (Å²) in [5, 5.41) is 3.45. The van der Waals surface area contributed by atoms with Crippen molar-refractivity contribution in [2.45, 2.75) is 45.4 Å². The molecule has 0 amide bonds. The van der Waals surface area contributed by atoms with E-state index in [-0.39, 0.29) is 0 Å². The van der Waals surface area contributed by atoms with Gasteiger partial charge in [-0.3, -0.25) is 0 Å². The highest BCUT2D eigenvalue weighted by Gasteiger charge is 2.14. The van der Waals surface area contributed by atoms with Crippen LogP contribution >= 0.6 is 0 Å². The number of nitrogens with two attached hydrogens (primary N) is 1. The van der Waals surface area contributed by atoms with Crippen molar-refractivity contribution in [2.75, 3.05) is 24.2 Å². The summed E-state index contributed by atoms with van der Waals surface area (Å²) >= 11 is 0. The number of benzene rings is 1. The molecular weight excluding hydrogens is 236 g/mol. The maximum atomic E-state index is 6.13. The summed E-state index contributed by atoms with van der Waals surface area (Å²) in [6, 6.07) is 5.97. The van der Waals surface area contributed by atoms with Gasteiger partial charge >= 0.3 is 0 Å². The summed E-state index contributed by atoms with van der Waals surface area (Å²) in [5.41, 5.74) is 7.88. The minimum atomic E-state index is 0.718. The van der Waals surface area contributed by atoms with Crippen molar-refractivity contribution in [2.24, 2.45) is 5.92 Å². The Morgan fingerprint density at radius 2 is 2.11 bits per heavy atom. The smallest absolute Gasteiger partial charge is 0.144 e. The van der Waals surface area contributed by atoms with Crippen LogP contribution in [0.15, 0.2) is 18.2 Å². The first kappa shape index (κ1) is 14.0. The SMILES string of the molecule is CCCOc1cccc(NCCC2CCCC2)c1N. The van der Waals surface area contributed by atoms with Gasteiger partial charge in [0.1, 0.15) is 5.75 Å². The number of ether oxygens (including phenoxy) is 1. The fourth-order valence-corrected chi connectivity index (χ4v) is 2.75. The molecule has 1 fully saturated rings. The van der Waals surface area contributed by atoms with Gasteiger partial charge in [0.15, 0.2) is 0 Å². The van der Waals surface area contributed by atoms with E-state index in [9.17, 15) is 0 Å². The largest absolute Gasteiger partial charge is 0.491 e. The normalized spacial score (nSPS) is 15.6. The molecule has 0 saturated heterocycles. The molecule has 106 valence electrons. The number of hydrogen-bond acceptors (Lipinski definition) is 3. The molecule has 3 nitrogen and oxygen atoms in total. The molecule has 0 aliphatic heterocycles. The zero-order valence-corrected chi connectivity index (χ0v) is 12.0. The van der Waals surface area contributed by atoms with Crippen LogP contribution < -0.4 is 15.8 Å². The molecule has 0 aromatic heterocycles. The topological polar surface area (TPSA) is 47.3 Å². The minimum Gasteiger partial charge on any atom is -0.491 e. The van der Waals surface area contributed by atoms with Crippen LogP contribution in [0.25, 0.3) is 0 Å². The Morgan fingerprint density at radius 3 is 2.84 bits per heavy atom. The van der Waals surface area contributed by atoms with Crippen LogP contribution in [0.5, 0.6) is 5.75 Å². The van der Waals surface area contributed by atoms with Crippen molar-refractivity contribution in [3.05, 3.63) is 18.2 Å². The van der Waals surface area contributed by atoms with Gasteiger partial charge in [-0.1, -0.05) is 38.7 Å². The van der Waals surface area contributed by atoms with Crippen LogP contribution in [-0.2, 0) is 0 Å². The molecule has 2 rings (SSSR count). The zero-order valence-electron chi connectivity index (χ0n) is 12.0. The van der Waals surface area contributed by atoms with E-state index < -0.39 is 0 Å². The quantitative estimate of drug-likeness (QED) is 0.729. The first-order valence-electron chi connectivity index (χ1n) is 7.56. The molecule has 19 heavy (non-hydrogen) atoms. The number of para-hydroxylation sites is 1. The minimum absolute atomic E-state index is 0.718. The van der Waals surface area contributed by atoms with E-state index in [1.54, 1.807) is 0 Å². The standard InChI is InChI=1S/C16H26N2O/c1-2-12-19-15-9-5-8-14(16(15)17)18-11-10-13-6-3-4-7-13/h5,8-9,13,18H,2-4,6-7,10-12,17H2,1H3. The maximum absolute atomic E-state index is 6.13. The summed E-state index contributed by atoms with van der Waals surface area (Å²) in [6.45, 7) is 3.82. The molecule has 3 N–H and O–H groups in total. The predicted octanol–water partition coefficient (Wildman–Crippen LogP) is 4.05. The Hall–Kier alpha value is -1.38. The van der Waals surface area contributed by atoms with E-state index >= 15 is 0 Å². The van der Waals surface area contributed by atoms with E-state index in [1.165, 1.54) is 32.1 Å². The average molecular weight is 262 g/mol. The highest BCUT2D eigenvalue weighted by atomic mass is 16.5. The molecule has 0 heterocycles. The van der Waals surface area contributed by atoms with Crippen LogP contribution in [0.4, 0.5) is 11.4 Å². The van der Waals surface area contributed by atoms with Gasteiger partial charge in [0.25, 0.3) is 0 Å². The third-order valence-electron chi connectivity index (χ3n) is 3.87. The summed E-state index contributed by atoms with van der Waals surface area (Å²) in [5.74, 6) is 1.71. The fourth-order valence-electron chi connectivity index (χ4n) is 2.75. The van der Waals surface area contributed by atoms with E-state index in [0.717, 1.165) is 42.6 Å². The van der Waals surface area contributed by atoms with Crippen molar-refractivity contribution < 1.29 is 4.74 Å². The second kappa shape index (κ2) is 7.27. The van der Waals surface area contributed by atoms with Crippen LogP contribution in [0.2, 0.25) is 0 Å². The number of nitrogen functional groups attached to an aromatic ring is 1. The molecule has 1 aromatic carbocycles. The summed E-state index contributed by atoms with van der Waals surface area (Å²) in [6.07, 6.45) is 7.87. The Balaban J connectivity index is 1.84. The first-order valence-corrected chi connectivity index (χ1v) is 7.56. The Labute approximate surface area is 116 Å². The Bertz CT molecular complexity index is 386. The third-order valence-corrected chi connectivity index (χ3v) is 3.87. The van der Waals surface area contributed by atoms with Gasteiger partial charge in [-0.05, 0) is 30.9 Å². The lowest BCUT2D eigenvalue weighted by atomic mass is 10.0. The van der Waals surface area contributed by atoms with Crippen LogP contribution in [-0.4, -0.2) is 13.2 Å². The lowest BCUT2D eigenvalue weighted by Crippen LogP contribution is -2.09. The highest BCUT2D eigenvalue weighted by Crippen LogP contribution is 2.31. The van der Waals surface area contributed by atoms with Gasteiger partial charge in [0.05, 0.1) is 18.0 Å². The Morgan fingerprint density at radius 1 is 1.32 bits per heavy atom. The van der Waals surface area contributed by atoms with E-state index in [2.05, 4.69) is 12.2 Å². The summed E-state index contributed by atoms with van der Waals surface area (Å²) in [7, 11) is 0. The van der Waals surface area contributed by atoms with Gasteiger partial charge in [0.2, 0.25) is 0 Å². The van der Waals surface area contributed by atoms with Crippen LogP contribution in [0.1, 0.15) is 45.4 Å². The van der Waals surface area contributed by atoms with E-state index in [0.29, 0.717) is 0 Å². The molecule has 1 aliphatic carbocycles. The lowest BCUT2D eigenvalue weighted by molar-refractivity contribution is 0.319. The van der Waals surface area contributed by atoms with Gasteiger partial charge in [-0.15, -0.1) is 0 Å². The Kier molecular flexibility index (Phi) is 5.37. The molecular formula is C16H26N2O. The monoisotopic (exact) mass is 262 g/mol. The molecule has 3 heteroatoms. The number of anilines is 2. The molecule has 0 radical (unpaired) electrons. The summed E-state index contributed by atoms with van der Waals surface area (Å²) < 4.78 is 5.64. The van der Waals surface area contributed by atoms with Crippen molar-refractivity contribution in [3.63, 3.8) is 0 Å². The van der Waals surface area contributed by atoms with Gasteiger partial charge in [0, 0.05) is 6.54 Å². The van der Waals surface area contributed by atoms with Gasteiger partial charge in [-0.2, -0.15) is 0 Å². The fraction of sp³-hybridized carbons (Fsp3) is 0.625. The van der Waals surface area contributed by atoms with Gasteiger partial charge < -0.3 is 15.8 Å². The average Bonchev–Trinajstić information content (AvgIpc) is 2.92. The molecule has 1 aromatic rings. The van der Waals surface area contributed by atoms with E-state index in [1.807, 2.05) is 18.2 Å². The highest BCUT2D eigenvalue weighted by molar-refractivity contribution is 5.72. The second-order valence-electron chi connectivity index (χ2n) is 5.43. The van der Waals surface area contributed by atoms with Crippen LogP contribution in [0.3, 0.4) is 0 Å². The van der Waals surface area contributed by atoms with E-state index in [4.69, 9.17) is 10.5 Å². The molecule has 1 aliphatic rings. The molecule has 0 spiro atoms. The molecule has 0 unspecified atom stereocenters. The van der Waals surface area contributed by atoms with Crippen LogP contribution in [0, 0.1) is 5.92 Å². The zero-order chi connectivity index (χ0) is 13.5. The number of nitrogens with one attached hydrogen (secondary N) is 1. The number of rotatable bonds is 7. The van der Waals surface area contributed by atoms with Crippen molar-refractivity contribution in [1.29, 1.82) is 0 Å². The summed E-state index contributed by atoms with van der Waals surface area (Å²) in [4.78, 5) is 0. The van der Waals surface area contributed by atoms with Crippen molar-refractivity contribution in [3.8, 4) is 5.75 Å². The molecule has 1 saturated carbocycles.